The minimum atomic E-state index is -3.81. The number of carbonyl (C=O) groups is 2. The molecule has 7 nitrogen and oxygen atoms in total. The van der Waals surface area contributed by atoms with Crippen LogP contribution < -0.4 is 5.32 Å². The highest BCUT2D eigenvalue weighted by Crippen LogP contribution is 2.22. The molecule has 0 radical (unpaired) electrons. The Hall–Kier alpha value is -2.78. The zero-order valence-corrected chi connectivity index (χ0v) is 16.9. The van der Waals surface area contributed by atoms with E-state index in [0.717, 1.165) is 9.87 Å². The van der Waals surface area contributed by atoms with E-state index in [0.29, 0.717) is 5.56 Å². The number of piperazine rings is 1. The molecule has 0 spiro atoms. The van der Waals surface area contributed by atoms with E-state index < -0.39 is 10.0 Å². The second-order valence-corrected chi connectivity index (χ2v) is 8.79. The molecule has 2 amide bonds. The van der Waals surface area contributed by atoms with Gasteiger partial charge >= 0.3 is 0 Å². The van der Waals surface area contributed by atoms with Crippen molar-refractivity contribution in [3.8, 4) is 0 Å². The highest BCUT2D eigenvalue weighted by Gasteiger charge is 2.29. The lowest BCUT2D eigenvalue weighted by Gasteiger charge is -2.26. The van der Waals surface area contributed by atoms with E-state index in [1.807, 2.05) is 6.92 Å². The van der Waals surface area contributed by atoms with Crippen molar-refractivity contribution in [3.63, 3.8) is 0 Å². The summed E-state index contributed by atoms with van der Waals surface area (Å²) in [5.74, 6) is -0.982. The van der Waals surface area contributed by atoms with Crippen LogP contribution in [0.4, 0.5) is 4.39 Å². The van der Waals surface area contributed by atoms with E-state index in [2.05, 4.69) is 5.32 Å². The van der Waals surface area contributed by atoms with Crippen molar-refractivity contribution in [2.75, 3.05) is 26.7 Å². The van der Waals surface area contributed by atoms with Crippen molar-refractivity contribution in [3.05, 3.63) is 65.5 Å². The van der Waals surface area contributed by atoms with Crippen LogP contribution >= 0.6 is 0 Å². The maximum Gasteiger partial charge on any atom is 0.254 e. The topological polar surface area (TPSA) is 86.8 Å². The fourth-order valence-corrected chi connectivity index (χ4v) is 4.48. The van der Waals surface area contributed by atoms with Gasteiger partial charge < -0.3 is 10.2 Å². The Kier molecular flexibility index (Phi) is 5.99. The maximum atomic E-state index is 13.1. The SMILES string of the molecule is CC(c1ccc(F)cc1)N(C)C(=O)c1ccc(S(=O)(=O)N2CCNC(=O)C2)cc1. The molecule has 0 aliphatic carbocycles. The van der Waals surface area contributed by atoms with Crippen molar-refractivity contribution < 1.29 is 22.4 Å². The van der Waals surface area contributed by atoms with Crippen molar-refractivity contribution >= 4 is 21.8 Å². The van der Waals surface area contributed by atoms with Crippen LogP contribution in [0, 0.1) is 5.82 Å². The number of benzene rings is 2. The number of carbonyl (C=O) groups excluding carboxylic acids is 2. The Labute approximate surface area is 169 Å². The van der Waals surface area contributed by atoms with Crippen molar-refractivity contribution in [1.82, 2.24) is 14.5 Å². The summed E-state index contributed by atoms with van der Waals surface area (Å²) in [6, 6.07) is 11.3. The van der Waals surface area contributed by atoms with Crippen LogP contribution in [-0.4, -0.2) is 56.1 Å². The van der Waals surface area contributed by atoms with Gasteiger partial charge in [-0.05, 0) is 48.9 Å². The van der Waals surface area contributed by atoms with Crippen LogP contribution in [0.25, 0.3) is 0 Å². The summed E-state index contributed by atoms with van der Waals surface area (Å²) < 4.78 is 39.6. The number of nitrogens with one attached hydrogen (secondary N) is 1. The van der Waals surface area contributed by atoms with Gasteiger partial charge in [0.2, 0.25) is 15.9 Å². The fourth-order valence-electron chi connectivity index (χ4n) is 3.08. The van der Waals surface area contributed by atoms with Crippen LogP contribution in [0.5, 0.6) is 0 Å². The molecule has 1 aliphatic heterocycles. The number of nitrogens with zero attached hydrogens (tertiary/aromatic N) is 2. The molecule has 1 unspecified atom stereocenters. The average molecular weight is 419 g/mol. The normalized spacial score (nSPS) is 16.2. The van der Waals surface area contributed by atoms with Gasteiger partial charge in [-0.3, -0.25) is 9.59 Å². The first kappa shape index (κ1) is 20.9. The first-order chi connectivity index (χ1) is 13.7. The molecule has 29 heavy (non-hydrogen) atoms. The Bertz CT molecular complexity index is 1010. The summed E-state index contributed by atoms with van der Waals surface area (Å²) in [4.78, 5) is 25.8. The predicted molar refractivity (Wildman–Crippen MR) is 105 cm³/mol. The molecule has 2 aromatic carbocycles. The maximum absolute atomic E-state index is 13.1. The van der Waals surface area contributed by atoms with Gasteiger partial charge in [-0.15, -0.1) is 0 Å². The number of hydrogen-bond donors (Lipinski definition) is 1. The van der Waals surface area contributed by atoms with Gasteiger partial charge in [0.05, 0.1) is 17.5 Å². The molecule has 154 valence electrons. The minimum Gasteiger partial charge on any atom is -0.354 e. The number of hydrogen-bond acceptors (Lipinski definition) is 4. The molecule has 3 rings (SSSR count). The van der Waals surface area contributed by atoms with Gasteiger partial charge in [0.15, 0.2) is 0 Å². The molecule has 9 heteroatoms. The standard InChI is InChI=1S/C20H22FN3O4S/c1-14(15-3-7-17(21)8-4-15)23(2)20(26)16-5-9-18(10-6-16)29(27,28)24-12-11-22-19(25)13-24/h3-10,14H,11-13H2,1-2H3,(H,22,25). The van der Waals surface area contributed by atoms with Gasteiger partial charge in [-0.1, -0.05) is 12.1 Å². The molecule has 0 saturated carbocycles. The van der Waals surface area contributed by atoms with E-state index >= 15 is 0 Å². The van der Waals surface area contributed by atoms with Crippen molar-refractivity contribution in [2.24, 2.45) is 0 Å². The quantitative estimate of drug-likeness (QED) is 0.800. The van der Waals surface area contributed by atoms with Crippen LogP contribution in [0.15, 0.2) is 53.4 Å². The number of amides is 2. The molecule has 0 bridgehead atoms. The van der Waals surface area contributed by atoms with Crippen molar-refractivity contribution in [2.45, 2.75) is 17.9 Å². The van der Waals surface area contributed by atoms with Gasteiger partial charge in [0.1, 0.15) is 5.82 Å². The Balaban J connectivity index is 1.75. The molecule has 2 aromatic rings. The summed E-state index contributed by atoms with van der Waals surface area (Å²) in [5.41, 5.74) is 1.11. The summed E-state index contributed by atoms with van der Waals surface area (Å²) in [5, 5.41) is 2.58. The summed E-state index contributed by atoms with van der Waals surface area (Å²) in [6.07, 6.45) is 0. The van der Waals surface area contributed by atoms with Crippen LogP contribution in [-0.2, 0) is 14.8 Å². The van der Waals surface area contributed by atoms with Gasteiger partial charge in [0, 0.05) is 25.7 Å². The summed E-state index contributed by atoms with van der Waals surface area (Å²) in [7, 11) is -2.18. The second kappa shape index (κ2) is 8.30. The van der Waals surface area contributed by atoms with Gasteiger partial charge in [-0.2, -0.15) is 4.31 Å². The largest absolute Gasteiger partial charge is 0.354 e. The Morgan fingerprint density at radius 3 is 2.34 bits per heavy atom. The predicted octanol–water partition coefficient (Wildman–Crippen LogP) is 1.78. The highest BCUT2D eigenvalue weighted by molar-refractivity contribution is 7.89. The van der Waals surface area contributed by atoms with E-state index in [1.165, 1.54) is 41.3 Å². The van der Waals surface area contributed by atoms with Gasteiger partial charge in [-0.25, -0.2) is 12.8 Å². The van der Waals surface area contributed by atoms with Gasteiger partial charge in [0.25, 0.3) is 5.91 Å². The summed E-state index contributed by atoms with van der Waals surface area (Å²) >= 11 is 0. The van der Waals surface area contributed by atoms with E-state index in [9.17, 15) is 22.4 Å². The van der Waals surface area contributed by atoms with Crippen LogP contribution in [0.2, 0.25) is 0 Å². The lowest BCUT2D eigenvalue weighted by molar-refractivity contribution is -0.122. The molecular weight excluding hydrogens is 397 g/mol. The lowest BCUT2D eigenvalue weighted by atomic mass is 10.1. The zero-order valence-electron chi connectivity index (χ0n) is 16.1. The molecule has 1 atom stereocenters. The number of sulfonamides is 1. The Morgan fingerprint density at radius 2 is 1.76 bits per heavy atom. The number of rotatable bonds is 5. The molecule has 1 heterocycles. The fraction of sp³-hybridized carbons (Fsp3) is 0.300. The van der Waals surface area contributed by atoms with E-state index in [-0.39, 0.29) is 48.2 Å². The molecular formula is C20H22FN3O4S. The second-order valence-electron chi connectivity index (χ2n) is 6.86. The third-order valence-corrected chi connectivity index (χ3v) is 6.86. The smallest absolute Gasteiger partial charge is 0.254 e. The molecule has 1 N–H and O–H groups in total. The number of halogens is 1. The first-order valence-corrected chi connectivity index (χ1v) is 10.5. The third-order valence-electron chi connectivity index (χ3n) is 5.00. The highest BCUT2D eigenvalue weighted by atomic mass is 32.2. The van der Waals surface area contributed by atoms with E-state index in [4.69, 9.17) is 0 Å². The van der Waals surface area contributed by atoms with Crippen LogP contribution in [0.3, 0.4) is 0 Å². The third kappa shape index (κ3) is 4.46. The summed E-state index contributed by atoms with van der Waals surface area (Å²) in [6.45, 7) is 2.07. The molecule has 0 aromatic heterocycles. The minimum absolute atomic E-state index is 0.0259. The zero-order chi connectivity index (χ0) is 21.2. The van der Waals surface area contributed by atoms with E-state index in [1.54, 1.807) is 19.2 Å². The first-order valence-electron chi connectivity index (χ1n) is 9.09. The monoisotopic (exact) mass is 419 g/mol. The van der Waals surface area contributed by atoms with Crippen LogP contribution in [0.1, 0.15) is 28.9 Å². The average Bonchev–Trinajstić information content (AvgIpc) is 2.73. The van der Waals surface area contributed by atoms with Crippen molar-refractivity contribution in [1.29, 1.82) is 0 Å². The molecule has 1 aliphatic rings. The molecule has 1 fully saturated rings. The molecule has 1 saturated heterocycles. The lowest BCUT2D eigenvalue weighted by Crippen LogP contribution is -2.49. The Morgan fingerprint density at radius 1 is 1.14 bits per heavy atom.